The van der Waals surface area contributed by atoms with E-state index in [2.05, 4.69) is 20.7 Å². The zero-order valence-corrected chi connectivity index (χ0v) is 12.7. The molecule has 3 aromatic rings. The number of H-pyrrole nitrogens is 1. The molecule has 0 fully saturated rings. The molecular weight excluding hydrogens is 298 g/mol. The van der Waals surface area contributed by atoms with Crippen molar-refractivity contribution in [3.8, 4) is 0 Å². The van der Waals surface area contributed by atoms with E-state index in [9.17, 15) is 9.59 Å². The number of anilines is 1. The van der Waals surface area contributed by atoms with Crippen molar-refractivity contribution in [2.24, 2.45) is 0 Å². The predicted molar refractivity (Wildman–Crippen MR) is 82.9 cm³/mol. The Kier molecular flexibility index (Phi) is 3.80. The summed E-state index contributed by atoms with van der Waals surface area (Å²) in [5, 5.41) is 13.8. The second kappa shape index (κ2) is 5.91. The molecule has 2 N–H and O–H groups in total. The van der Waals surface area contributed by atoms with Gasteiger partial charge in [0.1, 0.15) is 5.76 Å². The lowest BCUT2D eigenvalue weighted by Gasteiger charge is -2.16. The van der Waals surface area contributed by atoms with Crippen LogP contribution in [0.2, 0.25) is 0 Å². The van der Waals surface area contributed by atoms with E-state index in [4.69, 9.17) is 4.52 Å². The van der Waals surface area contributed by atoms with Crippen LogP contribution < -0.4 is 5.32 Å². The van der Waals surface area contributed by atoms with Crippen molar-refractivity contribution >= 4 is 28.5 Å². The second-order valence-electron chi connectivity index (χ2n) is 5.17. The molecule has 0 bridgehead atoms. The number of amides is 2. The quantitative estimate of drug-likeness (QED) is 0.761. The summed E-state index contributed by atoms with van der Waals surface area (Å²) in [7, 11) is 1.56. The Labute approximate surface area is 131 Å². The number of rotatable bonds is 4. The van der Waals surface area contributed by atoms with E-state index in [0.29, 0.717) is 22.7 Å². The van der Waals surface area contributed by atoms with Gasteiger partial charge in [-0.3, -0.25) is 14.7 Å². The molecule has 8 nitrogen and oxygen atoms in total. The number of likely N-dealkylation sites (N-methyl/N-ethyl adjacent to an activating group) is 1. The zero-order valence-electron chi connectivity index (χ0n) is 12.7. The van der Waals surface area contributed by atoms with Gasteiger partial charge in [-0.15, -0.1) is 0 Å². The Hall–Kier alpha value is -3.16. The molecule has 0 aliphatic rings. The summed E-state index contributed by atoms with van der Waals surface area (Å²) >= 11 is 0. The van der Waals surface area contributed by atoms with Crippen LogP contribution in [0.3, 0.4) is 0 Å². The third-order valence-corrected chi connectivity index (χ3v) is 3.33. The van der Waals surface area contributed by atoms with Crippen LogP contribution in [-0.2, 0) is 4.79 Å². The van der Waals surface area contributed by atoms with Crippen molar-refractivity contribution in [3.63, 3.8) is 0 Å². The Balaban J connectivity index is 1.70. The molecule has 8 heteroatoms. The smallest absolute Gasteiger partial charge is 0.256 e. The van der Waals surface area contributed by atoms with E-state index < -0.39 is 0 Å². The number of aromatic nitrogens is 3. The maximum Gasteiger partial charge on any atom is 0.256 e. The van der Waals surface area contributed by atoms with Crippen LogP contribution in [0.15, 0.2) is 35.0 Å². The minimum atomic E-state index is -0.356. The Morgan fingerprint density at radius 1 is 1.39 bits per heavy atom. The Bertz CT molecular complexity index is 867. The maximum atomic E-state index is 12.5. The van der Waals surface area contributed by atoms with Gasteiger partial charge >= 0.3 is 0 Å². The van der Waals surface area contributed by atoms with Gasteiger partial charge in [0.2, 0.25) is 5.91 Å². The predicted octanol–water partition coefficient (Wildman–Crippen LogP) is 1.57. The Morgan fingerprint density at radius 2 is 2.22 bits per heavy atom. The molecule has 3 rings (SSSR count). The van der Waals surface area contributed by atoms with Crippen molar-refractivity contribution in [3.05, 3.63) is 41.8 Å². The van der Waals surface area contributed by atoms with E-state index >= 15 is 0 Å². The fourth-order valence-corrected chi connectivity index (χ4v) is 2.25. The summed E-state index contributed by atoms with van der Waals surface area (Å²) in [5.41, 5.74) is 1.12. The zero-order chi connectivity index (χ0) is 16.4. The summed E-state index contributed by atoms with van der Waals surface area (Å²) in [5.74, 6) is 0.289. The minimum absolute atomic E-state index is 0.102. The molecule has 23 heavy (non-hydrogen) atoms. The lowest BCUT2D eigenvalue weighted by Crippen LogP contribution is -2.35. The highest BCUT2D eigenvalue weighted by atomic mass is 16.5. The number of aromatic amines is 1. The third-order valence-electron chi connectivity index (χ3n) is 3.33. The summed E-state index contributed by atoms with van der Waals surface area (Å²) in [6.07, 6.45) is 1.64. The molecule has 0 aliphatic heterocycles. The summed E-state index contributed by atoms with van der Waals surface area (Å²) in [6.45, 7) is 1.62. The van der Waals surface area contributed by atoms with E-state index in [1.165, 1.54) is 4.90 Å². The van der Waals surface area contributed by atoms with Crippen molar-refractivity contribution in [2.45, 2.75) is 6.92 Å². The van der Waals surface area contributed by atoms with Crippen LogP contribution in [0.1, 0.15) is 16.1 Å². The van der Waals surface area contributed by atoms with Crippen LogP contribution in [0.5, 0.6) is 0 Å². The first-order valence-corrected chi connectivity index (χ1v) is 6.95. The second-order valence-corrected chi connectivity index (χ2v) is 5.17. The highest BCUT2D eigenvalue weighted by Crippen LogP contribution is 2.17. The molecule has 118 valence electrons. The molecule has 0 saturated carbocycles. The maximum absolute atomic E-state index is 12.5. The normalized spacial score (nSPS) is 10.7. The molecule has 0 saturated heterocycles. The van der Waals surface area contributed by atoms with Crippen LogP contribution in [0, 0.1) is 6.92 Å². The van der Waals surface area contributed by atoms with Crippen LogP contribution in [0.25, 0.3) is 10.9 Å². The summed E-state index contributed by atoms with van der Waals surface area (Å²) < 4.78 is 4.87. The van der Waals surface area contributed by atoms with E-state index in [-0.39, 0.29) is 18.4 Å². The topological polar surface area (TPSA) is 104 Å². The highest BCUT2D eigenvalue weighted by Gasteiger charge is 2.18. The first-order chi connectivity index (χ1) is 11.0. The minimum Gasteiger partial charge on any atom is -0.360 e. The molecule has 0 aliphatic carbocycles. The Morgan fingerprint density at radius 3 is 2.96 bits per heavy atom. The summed E-state index contributed by atoms with van der Waals surface area (Å²) in [4.78, 5) is 25.8. The first kappa shape index (κ1) is 14.8. The van der Waals surface area contributed by atoms with Crippen LogP contribution in [-0.4, -0.2) is 45.7 Å². The van der Waals surface area contributed by atoms with Gasteiger partial charge < -0.3 is 14.7 Å². The number of nitrogens with one attached hydrogen (secondary N) is 2. The van der Waals surface area contributed by atoms with Crippen LogP contribution >= 0.6 is 0 Å². The third kappa shape index (κ3) is 3.05. The fourth-order valence-electron chi connectivity index (χ4n) is 2.25. The number of fused-ring (bicyclic) bond motifs is 1. The van der Waals surface area contributed by atoms with E-state index in [1.54, 1.807) is 38.4 Å². The average molecular weight is 313 g/mol. The van der Waals surface area contributed by atoms with Gasteiger partial charge in [-0.25, -0.2) is 0 Å². The van der Waals surface area contributed by atoms with Gasteiger partial charge in [0.15, 0.2) is 5.82 Å². The number of hydrogen-bond acceptors (Lipinski definition) is 5. The van der Waals surface area contributed by atoms with Crippen LogP contribution in [0.4, 0.5) is 5.82 Å². The standard InChI is InChI=1S/C15H15N5O3/c1-9-6-12(19-23-9)17-13(21)8-20(2)15(22)11-5-3-4-10-7-16-18-14(10)11/h3-7H,8H2,1-2H3,(H,16,18)(H,17,19,21). The molecule has 0 atom stereocenters. The molecule has 2 amide bonds. The molecule has 2 aromatic heterocycles. The lowest BCUT2D eigenvalue weighted by molar-refractivity contribution is -0.116. The van der Waals surface area contributed by atoms with Gasteiger partial charge in [0.05, 0.1) is 23.8 Å². The number of carbonyl (C=O) groups excluding carboxylic acids is 2. The number of benzene rings is 1. The molecule has 0 spiro atoms. The van der Waals surface area contributed by atoms with E-state index in [1.807, 2.05) is 6.07 Å². The van der Waals surface area contributed by atoms with Gasteiger partial charge in [-0.05, 0) is 13.0 Å². The average Bonchev–Trinajstić information content (AvgIpc) is 3.14. The first-order valence-electron chi connectivity index (χ1n) is 6.95. The monoisotopic (exact) mass is 313 g/mol. The molecule has 2 heterocycles. The number of carbonyl (C=O) groups is 2. The highest BCUT2D eigenvalue weighted by molar-refractivity contribution is 6.06. The molecule has 1 aromatic carbocycles. The number of hydrogen-bond donors (Lipinski definition) is 2. The SMILES string of the molecule is Cc1cc(NC(=O)CN(C)C(=O)c2cccc3cn[nH]c23)no1. The molecule has 0 unspecified atom stereocenters. The largest absolute Gasteiger partial charge is 0.360 e. The number of aryl methyl sites for hydroxylation is 1. The van der Waals surface area contributed by atoms with Gasteiger partial charge in [-0.1, -0.05) is 17.3 Å². The van der Waals surface area contributed by atoms with Crippen molar-refractivity contribution < 1.29 is 14.1 Å². The molecular formula is C15H15N5O3. The lowest BCUT2D eigenvalue weighted by atomic mass is 10.1. The van der Waals surface area contributed by atoms with Crippen molar-refractivity contribution in [2.75, 3.05) is 18.9 Å². The van der Waals surface area contributed by atoms with Crippen molar-refractivity contribution in [1.29, 1.82) is 0 Å². The summed E-state index contributed by atoms with van der Waals surface area (Å²) in [6, 6.07) is 6.93. The van der Waals surface area contributed by atoms with Crippen molar-refractivity contribution in [1.82, 2.24) is 20.3 Å². The van der Waals surface area contributed by atoms with E-state index in [0.717, 1.165) is 5.39 Å². The van der Waals surface area contributed by atoms with Gasteiger partial charge in [0.25, 0.3) is 5.91 Å². The number of nitrogens with zero attached hydrogens (tertiary/aromatic N) is 3. The van der Waals surface area contributed by atoms with Gasteiger partial charge in [-0.2, -0.15) is 5.10 Å². The number of para-hydroxylation sites is 1. The fraction of sp³-hybridized carbons (Fsp3) is 0.200. The van der Waals surface area contributed by atoms with Gasteiger partial charge in [0, 0.05) is 18.5 Å². The molecule has 0 radical (unpaired) electrons.